The monoisotopic (exact) mass is 294 g/mol. The minimum absolute atomic E-state index is 0. The van der Waals surface area contributed by atoms with Gasteiger partial charge in [-0.1, -0.05) is 5.16 Å². The summed E-state index contributed by atoms with van der Waals surface area (Å²) in [5.74, 6) is 0.835. The predicted molar refractivity (Wildman–Crippen MR) is 60.9 cm³/mol. The predicted octanol–water partition coefficient (Wildman–Crippen LogP) is 1.41. The molecular formula is C8H11IN2O2. The molecule has 13 heavy (non-hydrogen) atoms. The average molecular weight is 294 g/mol. The van der Waals surface area contributed by atoms with E-state index in [9.17, 15) is 0 Å². The Kier molecular flexibility index (Phi) is 5.20. The van der Waals surface area contributed by atoms with Crippen molar-refractivity contribution in [2.75, 3.05) is 7.11 Å². The summed E-state index contributed by atoms with van der Waals surface area (Å²) in [6.45, 7) is 0. The van der Waals surface area contributed by atoms with Crippen LogP contribution in [-0.2, 0) is 0 Å². The van der Waals surface area contributed by atoms with Gasteiger partial charge in [-0.2, -0.15) is 0 Å². The fourth-order valence-electron chi connectivity index (χ4n) is 0.820. The molecule has 0 heterocycles. The Hall–Kier alpha value is -0.980. The molecule has 1 rings (SSSR count). The van der Waals surface area contributed by atoms with Gasteiger partial charge in [0.25, 0.3) is 0 Å². The van der Waals surface area contributed by atoms with Gasteiger partial charge in [-0.15, -0.1) is 24.0 Å². The number of halogens is 1. The lowest BCUT2D eigenvalue weighted by Gasteiger charge is -2.00. The zero-order valence-corrected chi connectivity index (χ0v) is 9.43. The van der Waals surface area contributed by atoms with Crippen molar-refractivity contribution in [1.29, 1.82) is 0 Å². The average Bonchev–Trinajstić information content (AvgIpc) is 2.17. The molecule has 1 aromatic carbocycles. The second-order valence-electron chi connectivity index (χ2n) is 2.21. The molecule has 0 saturated heterocycles. The number of amidine groups is 1. The number of ether oxygens (including phenoxy) is 1. The van der Waals surface area contributed by atoms with Crippen LogP contribution in [0.2, 0.25) is 0 Å². The first-order valence-electron chi connectivity index (χ1n) is 3.40. The van der Waals surface area contributed by atoms with Crippen LogP contribution < -0.4 is 10.5 Å². The van der Waals surface area contributed by atoms with Crippen molar-refractivity contribution < 1.29 is 9.94 Å². The van der Waals surface area contributed by atoms with Crippen LogP contribution in [0, 0.1) is 0 Å². The van der Waals surface area contributed by atoms with Crippen LogP contribution in [0.5, 0.6) is 5.75 Å². The molecule has 3 N–H and O–H groups in total. The van der Waals surface area contributed by atoms with Crippen molar-refractivity contribution in [2.45, 2.75) is 0 Å². The van der Waals surface area contributed by atoms with Crippen molar-refractivity contribution in [3.05, 3.63) is 29.8 Å². The molecule has 0 aromatic heterocycles. The van der Waals surface area contributed by atoms with E-state index in [1.807, 2.05) is 0 Å². The van der Waals surface area contributed by atoms with Crippen molar-refractivity contribution in [1.82, 2.24) is 0 Å². The second kappa shape index (κ2) is 5.63. The molecule has 0 atom stereocenters. The molecule has 0 unspecified atom stereocenters. The highest BCUT2D eigenvalue weighted by atomic mass is 127. The fourth-order valence-corrected chi connectivity index (χ4v) is 0.820. The van der Waals surface area contributed by atoms with Gasteiger partial charge in [0.05, 0.1) is 7.11 Å². The summed E-state index contributed by atoms with van der Waals surface area (Å²) in [6, 6.07) is 6.92. The number of benzene rings is 1. The van der Waals surface area contributed by atoms with E-state index in [0.29, 0.717) is 5.56 Å². The van der Waals surface area contributed by atoms with Gasteiger partial charge in [-0.25, -0.2) is 0 Å². The van der Waals surface area contributed by atoms with Gasteiger partial charge in [0.15, 0.2) is 5.84 Å². The van der Waals surface area contributed by atoms with E-state index in [-0.39, 0.29) is 29.8 Å². The lowest BCUT2D eigenvalue weighted by Crippen LogP contribution is -2.12. The molecule has 0 aliphatic heterocycles. The van der Waals surface area contributed by atoms with Gasteiger partial charge in [0, 0.05) is 5.56 Å². The number of hydrogen-bond donors (Lipinski definition) is 2. The highest BCUT2D eigenvalue weighted by Crippen LogP contribution is 2.10. The van der Waals surface area contributed by atoms with Crippen LogP contribution in [0.25, 0.3) is 0 Å². The van der Waals surface area contributed by atoms with E-state index < -0.39 is 0 Å². The third-order valence-corrected chi connectivity index (χ3v) is 1.49. The van der Waals surface area contributed by atoms with Gasteiger partial charge < -0.3 is 15.7 Å². The maximum atomic E-state index is 8.35. The molecule has 0 amide bonds. The van der Waals surface area contributed by atoms with Crippen LogP contribution in [0.1, 0.15) is 5.56 Å². The molecule has 0 aliphatic carbocycles. The normalized spacial score (nSPS) is 10.4. The molecule has 0 spiro atoms. The van der Waals surface area contributed by atoms with Gasteiger partial charge in [0.1, 0.15) is 5.75 Å². The number of nitrogens with zero attached hydrogens (tertiary/aromatic N) is 1. The SMILES string of the molecule is COc1ccc(C(N)=NO)cc1.I. The molecule has 0 saturated carbocycles. The topological polar surface area (TPSA) is 67.8 Å². The molecular weight excluding hydrogens is 283 g/mol. The maximum absolute atomic E-state index is 8.35. The molecule has 0 radical (unpaired) electrons. The van der Waals surface area contributed by atoms with Crippen LogP contribution in [0.15, 0.2) is 29.4 Å². The summed E-state index contributed by atoms with van der Waals surface area (Å²) in [5.41, 5.74) is 6.01. The number of methoxy groups -OCH3 is 1. The number of rotatable bonds is 2. The summed E-state index contributed by atoms with van der Waals surface area (Å²) in [7, 11) is 1.58. The minimum Gasteiger partial charge on any atom is -0.497 e. The third kappa shape index (κ3) is 3.10. The molecule has 5 heteroatoms. The van der Waals surface area contributed by atoms with Crippen LogP contribution in [-0.4, -0.2) is 18.2 Å². The van der Waals surface area contributed by atoms with Crippen molar-refractivity contribution in [3.63, 3.8) is 0 Å². The fraction of sp³-hybridized carbons (Fsp3) is 0.125. The van der Waals surface area contributed by atoms with Crippen molar-refractivity contribution >= 4 is 29.8 Å². The Labute approximate surface area is 93.4 Å². The Morgan fingerprint density at radius 1 is 1.38 bits per heavy atom. The third-order valence-electron chi connectivity index (χ3n) is 1.49. The van der Waals surface area contributed by atoms with E-state index >= 15 is 0 Å². The summed E-state index contributed by atoms with van der Waals surface area (Å²) in [6.07, 6.45) is 0. The van der Waals surface area contributed by atoms with E-state index in [1.165, 1.54) is 0 Å². The standard InChI is InChI=1S/C8H10N2O2.HI/c1-12-7-4-2-6(3-5-7)8(9)10-11;/h2-5,11H,1H3,(H2,9,10);1H. The number of hydrogen-bond acceptors (Lipinski definition) is 3. The Morgan fingerprint density at radius 3 is 2.31 bits per heavy atom. The van der Waals surface area contributed by atoms with Crippen molar-refractivity contribution in [3.8, 4) is 5.75 Å². The van der Waals surface area contributed by atoms with Crippen molar-refractivity contribution in [2.24, 2.45) is 10.9 Å². The lowest BCUT2D eigenvalue weighted by atomic mass is 10.2. The van der Waals surface area contributed by atoms with E-state index in [1.54, 1.807) is 31.4 Å². The zero-order valence-electron chi connectivity index (χ0n) is 7.10. The molecule has 72 valence electrons. The highest BCUT2D eigenvalue weighted by molar-refractivity contribution is 14.0. The molecule has 0 fully saturated rings. The lowest BCUT2D eigenvalue weighted by molar-refractivity contribution is 0.318. The van der Waals surface area contributed by atoms with Gasteiger partial charge >= 0.3 is 0 Å². The summed E-state index contributed by atoms with van der Waals surface area (Å²) >= 11 is 0. The highest BCUT2D eigenvalue weighted by Gasteiger charge is 1.97. The summed E-state index contributed by atoms with van der Waals surface area (Å²) in [4.78, 5) is 0. The van der Waals surface area contributed by atoms with E-state index in [0.717, 1.165) is 5.75 Å². The molecule has 0 bridgehead atoms. The first-order chi connectivity index (χ1) is 5.77. The molecule has 1 aromatic rings. The first kappa shape index (κ1) is 12.0. The number of oxime groups is 1. The number of nitrogens with two attached hydrogens (primary N) is 1. The second-order valence-corrected chi connectivity index (χ2v) is 2.21. The first-order valence-corrected chi connectivity index (χ1v) is 3.40. The van der Waals surface area contributed by atoms with E-state index in [4.69, 9.17) is 15.7 Å². The summed E-state index contributed by atoms with van der Waals surface area (Å²) < 4.78 is 4.94. The Balaban J connectivity index is 0.00000144. The Morgan fingerprint density at radius 2 is 1.92 bits per heavy atom. The minimum atomic E-state index is 0. The van der Waals surface area contributed by atoms with Gasteiger partial charge in [0.2, 0.25) is 0 Å². The van der Waals surface area contributed by atoms with E-state index in [2.05, 4.69) is 5.16 Å². The largest absolute Gasteiger partial charge is 0.497 e. The van der Waals surface area contributed by atoms with Crippen LogP contribution >= 0.6 is 24.0 Å². The van der Waals surface area contributed by atoms with Gasteiger partial charge in [-0.05, 0) is 24.3 Å². The van der Waals surface area contributed by atoms with Crippen LogP contribution in [0.4, 0.5) is 0 Å². The summed E-state index contributed by atoms with van der Waals surface area (Å²) in [5, 5.41) is 11.2. The molecule has 4 nitrogen and oxygen atoms in total. The quantitative estimate of drug-likeness (QED) is 0.285. The zero-order chi connectivity index (χ0) is 8.97. The Bertz CT molecular complexity index is 285. The molecule has 0 aliphatic rings. The maximum Gasteiger partial charge on any atom is 0.170 e. The van der Waals surface area contributed by atoms with Gasteiger partial charge in [-0.3, -0.25) is 0 Å². The smallest absolute Gasteiger partial charge is 0.170 e. The van der Waals surface area contributed by atoms with Crippen LogP contribution in [0.3, 0.4) is 0 Å².